The van der Waals surface area contributed by atoms with Crippen molar-refractivity contribution in [1.29, 1.82) is 0 Å². The van der Waals surface area contributed by atoms with Gasteiger partial charge in [-0.25, -0.2) is 4.57 Å². The summed E-state index contributed by atoms with van der Waals surface area (Å²) in [5.74, 6) is 0. The molecule has 0 aromatic carbocycles. The van der Waals surface area contributed by atoms with E-state index < -0.39 is 0 Å². The zero-order chi connectivity index (χ0) is 23.0. The molecule has 1 nitrogen and oxygen atoms in total. The van der Waals surface area contributed by atoms with Crippen molar-refractivity contribution in [3.63, 3.8) is 0 Å². The van der Waals surface area contributed by atoms with E-state index in [0.29, 0.717) is 0 Å². The van der Waals surface area contributed by atoms with Crippen molar-refractivity contribution >= 4 is 0 Å². The molecule has 0 aliphatic heterocycles. The van der Waals surface area contributed by atoms with Crippen LogP contribution < -0.4 is 4.57 Å². The van der Waals surface area contributed by atoms with Crippen molar-refractivity contribution in [2.75, 3.05) is 0 Å². The van der Waals surface area contributed by atoms with Crippen LogP contribution in [0.1, 0.15) is 161 Å². The minimum atomic E-state index is 1.20. The molecule has 0 amide bonds. The number of rotatable bonds is 24. The molecule has 1 aromatic rings. The number of hydrogen-bond acceptors (Lipinski definition) is 0. The van der Waals surface area contributed by atoms with E-state index in [2.05, 4.69) is 42.9 Å². The fraction of sp³-hybridized carbons (Fsp3) is 0.839. The molecule has 0 N–H and O–H groups in total. The topological polar surface area (TPSA) is 3.88 Å². The maximum absolute atomic E-state index is 2.43. The highest BCUT2D eigenvalue weighted by Gasteiger charge is 2.03. The van der Waals surface area contributed by atoms with Gasteiger partial charge in [-0.3, -0.25) is 0 Å². The highest BCUT2D eigenvalue weighted by molar-refractivity contribution is 5.05. The third kappa shape index (κ3) is 18.7. The highest BCUT2D eigenvalue weighted by atomic mass is 14.9. The first-order valence-corrected chi connectivity index (χ1v) is 14.8. The SMILES string of the molecule is CCCCCCCCCCCCCC[n+]1cccc(CCCCCCCCCCCC)c1. The predicted molar refractivity (Wildman–Crippen MR) is 143 cm³/mol. The van der Waals surface area contributed by atoms with E-state index in [1.54, 1.807) is 0 Å². The fourth-order valence-electron chi connectivity index (χ4n) is 4.82. The second-order valence-corrected chi connectivity index (χ2v) is 10.3. The number of unbranched alkanes of at least 4 members (excludes halogenated alkanes) is 20. The summed E-state index contributed by atoms with van der Waals surface area (Å²) in [6.07, 6.45) is 37.3. The maximum atomic E-state index is 2.43. The summed E-state index contributed by atoms with van der Waals surface area (Å²) in [6.45, 7) is 5.80. The Hall–Kier alpha value is -0.850. The van der Waals surface area contributed by atoms with Crippen molar-refractivity contribution in [3.8, 4) is 0 Å². The first-order chi connectivity index (χ1) is 15.9. The first kappa shape index (κ1) is 29.2. The molecule has 1 rings (SSSR count). The quantitative estimate of drug-likeness (QED) is 0.110. The average Bonchev–Trinajstić information content (AvgIpc) is 2.81. The van der Waals surface area contributed by atoms with Crippen molar-refractivity contribution in [1.82, 2.24) is 0 Å². The Bertz CT molecular complexity index is 495. The van der Waals surface area contributed by atoms with E-state index in [0.717, 1.165) is 0 Å². The molecule has 0 bridgehead atoms. The Morgan fingerprint density at radius 3 is 1.38 bits per heavy atom. The van der Waals surface area contributed by atoms with Gasteiger partial charge in [0.2, 0.25) is 0 Å². The van der Waals surface area contributed by atoms with E-state index in [1.165, 1.54) is 160 Å². The molecule has 186 valence electrons. The molecule has 0 atom stereocenters. The predicted octanol–water partition coefficient (Wildman–Crippen LogP) is 10.1. The third-order valence-corrected chi connectivity index (χ3v) is 7.01. The number of aromatic nitrogens is 1. The van der Waals surface area contributed by atoms with Crippen LogP contribution in [-0.4, -0.2) is 0 Å². The lowest BCUT2D eigenvalue weighted by Crippen LogP contribution is -2.33. The zero-order valence-corrected chi connectivity index (χ0v) is 22.2. The molecule has 1 heteroatoms. The molecule has 0 saturated carbocycles. The van der Waals surface area contributed by atoms with E-state index in [4.69, 9.17) is 0 Å². The van der Waals surface area contributed by atoms with Gasteiger partial charge >= 0.3 is 0 Å². The van der Waals surface area contributed by atoms with Crippen LogP contribution in [0.4, 0.5) is 0 Å². The molecule has 0 spiro atoms. The summed E-state index contributed by atoms with van der Waals surface area (Å²) in [6, 6.07) is 4.58. The van der Waals surface area contributed by atoms with Gasteiger partial charge in [0.1, 0.15) is 6.54 Å². The Labute approximate surface area is 202 Å². The Morgan fingerprint density at radius 2 is 0.906 bits per heavy atom. The van der Waals surface area contributed by atoms with Crippen molar-refractivity contribution < 1.29 is 4.57 Å². The Morgan fingerprint density at radius 1 is 0.500 bits per heavy atom. The molecule has 32 heavy (non-hydrogen) atoms. The normalized spacial score (nSPS) is 11.3. The summed E-state index contributed by atoms with van der Waals surface area (Å²) in [5, 5.41) is 0. The van der Waals surface area contributed by atoms with Gasteiger partial charge in [0.25, 0.3) is 0 Å². The zero-order valence-electron chi connectivity index (χ0n) is 22.2. The van der Waals surface area contributed by atoms with Crippen LogP contribution in [0.2, 0.25) is 0 Å². The molecular weight excluding hydrogens is 386 g/mol. The first-order valence-electron chi connectivity index (χ1n) is 14.8. The van der Waals surface area contributed by atoms with Gasteiger partial charge in [0.15, 0.2) is 12.4 Å². The standard InChI is InChI=1S/C31H58N/c1-3-5-7-9-11-13-15-16-18-20-22-24-28-32-29-25-27-31(30-32)26-23-21-19-17-14-12-10-8-6-4-2/h25,27,29-30H,3-24,26,28H2,1-2H3/q+1. The molecule has 0 unspecified atom stereocenters. The van der Waals surface area contributed by atoms with Crippen molar-refractivity contribution in [2.24, 2.45) is 0 Å². The van der Waals surface area contributed by atoms with Crippen LogP contribution in [0.5, 0.6) is 0 Å². The van der Waals surface area contributed by atoms with Crippen LogP contribution in [0.25, 0.3) is 0 Å². The lowest BCUT2D eigenvalue weighted by molar-refractivity contribution is -0.697. The monoisotopic (exact) mass is 444 g/mol. The van der Waals surface area contributed by atoms with E-state index in [9.17, 15) is 0 Å². The molecular formula is C31H58N+. The second kappa shape index (κ2) is 23.3. The molecule has 0 aliphatic rings. The molecule has 1 aromatic heterocycles. The van der Waals surface area contributed by atoms with Crippen LogP contribution >= 0.6 is 0 Å². The lowest BCUT2D eigenvalue weighted by atomic mass is 10.0. The van der Waals surface area contributed by atoms with Crippen LogP contribution in [0, 0.1) is 0 Å². The van der Waals surface area contributed by atoms with Gasteiger partial charge in [0.05, 0.1) is 0 Å². The van der Waals surface area contributed by atoms with Crippen LogP contribution in [0.15, 0.2) is 24.5 Å². The number of aryl methyl sites for hydroxylation is 2. The minimum absolute atomic E-state index is 1.20. The van der Waals surface area contributed by atoms with Gasteiger partial charge in [-0.15, -0.1) is 0 Å². The van der Waals surface area contributed by atoms with Gasteiger partial charge in [-0.1, -0.05) is 136 Å². The second-order valence-electron chi connectivity index (χ2n) is 10.3. The highest BCUT2D eigenvalue weighted by Crippen LogP contribution is 2.13. The lowest BCUT2D eigenvalue weighted by Gasteiger charge is -2.04. The molecule has 0 aliphatic carbocycles. The van der Waals surface area contributed by atoms with Crippen LogP contribution in [-0.2, 0) is 13.0 Å². The summed E-state index contributed by atoms with van der Waals surface area (Å²) in [5.41, 5.74) is 1.53. The summed E-state index contributed by atoms with van der Waals surface area (Å²) in [7, 11) is 0. The Balaban J connectivity index is 1.94. The van der Waals surface area contributed by atoms with Gasteiger partial charge in [-0.05, 0) is 25.3 Å². The minimum Gasteiger partial charge on any atom is -0.205 e. The van der Waals surface area contributed by atoms with Crippen molar-refractivity contribution in [2.45, 2.75) is 168 Å². The van der Waals surface area contributed by atoms with Gasteiger partial charge in [0, 0.05) is 18.1 Å². The summed E-state index contributed by atoms with van der Waals surface area (Å²) < 4.78 is 2.43. The average molecular weight is 445 g/mol. The third-order valence-electron chi connectivity index (χ3n) is 7.01. The molecule has 0 fully saturated rings. The summed E-state index contributed by atoms with van der Waals surface area (Å²) >= 11 is 0. The molecule has 0 saturated heterocycles. The van der Waals surface area contributed by atoms with E-state index >= 15 is 0 Å². The summed E-state index contributed by atoms with van der Waals surface area (Å²) in [4.78, 5) is 0. The smallest absolute Gasteiger partial charge is 0.171 e. The van der Waals surface area contributed by atoms with Crippen LogP contribution in [0.3, 0.4) is 0 Å². The molecule has 1 heterocycles. The number of nitrogens with zero attached hydrogens (tertiary/aromatic N) is 1. The Kier molecular flexibility index (Phi) is 21.3. The van der Waals surface area contributed by atoms with E-state index in [-0.39, 0.29) is 0 Å². The van der Waals surface area contributed by atoms with E-state index in [1.807, 2.05) is 0 Å². The van der Waals surface area contributed by atoms with Gasteiger partial charge in [-0.2, -0.15) is 0 Å². The number of hydrogen-bond donors (Lipinski definition) is 0. The maximum Gasteiger partial charge on any atom is 0.171 e. The largest absolute Gasteiger partial charge is 0.205 e. The fourth-order valence-corrected chi connectivity index (χ4v) is 4.82. The van der Waals surface area contributed by atoms with Gasteiger partial charge < -0.3 is 0 Å². The number of pyridine rings is 1. The van der Waals surface area contributed by atoms with Crippen molar-refractivity contribution in [3.05, 3.63) is 30.1 Å². The molecule has 0 radical (unpaired) electrons.